The van der Waals surface area contributed by atoms with Crippen molar-refractivity contribution in [2.45, 2.75) is 43.9 Å². The quantitative estimate of drug-likeness (QED) is 0.778. The van der Waals surface area contributed by atoms with E-state index in [2.05, 4.69) is 0 Å². The Morgan fingerprint density at radius 2 is 1.57 bits per heavy atom. The van der Waals surface area contributed by atoms with Crippen molar-refractivity contribution >= 4 is 5.91 Å². The number of carbonyl (C=O) groups excluding carboxylic acids is 1. The summed E-state index contributed by atoms with van der Waals surface area (Å²) in [5, 5.41) is 0. The van der Waals surface area contributed by atoms with Crippen molar-refractivity contribution in [3.8, 4) is 0 Å². The number of halogens is 1. The molecule has 1 heterocycles. The minimum Gasteiger partial charge on any atom is -0.339 e. The maximum absolute atomic E-state index is 13.5. The van der Waals surface area contributed by atoms with Gasteiger partial charge in [0.2, 0.25) is 5.91 Å². The molecule has 4 aliphatic carbocycles. The summed E-state index contributed by atoms with van der Waals surface area (Å²) in [7, 11) is 0. The number of benzene rings is 1. The van der Waals surface area contributed by atoms with Crippen LogP contribution in [0.5, 0.6) is 0 Å². The summed E-state index contributed by atoms with van der Waals surface area (Å²) in [5.74, 6) is 3.14. The Morgan fingerprint density at radius 1 is 1.00 bits per heavy atom. The van der Waals surface area contributed by atoms with Crippen molar-refractivity contribution in [2.24, 2.45) is 23.7 Å². The molecule has 23 heavy (non-hydrogen) atoms. The van der Waals surface area contributed by atoms with Crippen LogP contribution in [0.1, 0.15) is 44.1 Å². The van der Waals surface area contributed by atoms with Gasteiger partial charge < -0.3 is 4.90 Å². The predicted octanol–water partition coefficient (Wildman–Crippen LogP) is 3.75. The highest BCUT2D eigenvalue weighted by Gasteiger charge is 2.58. The molecule has 1 aliphatic heterocycles. The van der Waals surface area contributed by atoms with Gasteiger partial charge in [-0.3, -0.25) is 4.79 Å². The normalized spacial score (nSPS) is 40.5. The molecule has 0 N–H and O–H groups in total. The van der Waals surface area contributed by atoms with Crippen LogP contribution in [-0.2, 0) is 10.2 Å². The summed E-state index contributed by atoms with van der Waals surface area (Å²) >= 11 is 0. The van der Waals surface area contributed by atoms with Gasteiger partial charge in [0.05, 0.1) is 0 Å². The highest BCUT2D eigenvalue weighted by atomic mass is 19.1. The molecule has 2 nitrogen and oxygen atoms in total. The zero-order valence-electron chi connectivity index (χ0n) is 13.5. The van der Waals surface area contributed by atoms with Gasteiger partial charge in [-0.2, -0.15) is 0 Å². The predicted molar refractivity (Wildman–Crippen MR) is 86.3 cm³/mol. The highest BCUT2D eigenvalue weighted by molar-refractivity contribution is 5.80. The average Bonchev–Trinajstić information content (AvgIpc) is 3.36. The lowest BCUT2D eigenvalue weighted by Gasteiger charge is -2.61. The summed E-state index contributed by atoms with van der Waals surface area (Å²) in [6, 6.07) is 7.11. The molecule has 3 heteroatoms. The van der Waals surface area contributed by atoms with Gasteiger partial charge in [-0.15, -0.1) is 0 Å². The lowest BCUT2D eigenvalue weighted by atomic mass is 9.43. The molecule has 0 radical (unpaired) electrons. The van der Waals surface area contributed by atoms with Crippen LogP contribution in [0.25, 0.3) is 0 Å². The zero-order chi connectivity index (χ0) is 15.6. The summed E-state index contributed by atoms with van der Waals surface area (Å²) in [4.78, 5) is 14.7. The maximum atomic E-state index is 13.5. The van der Waals surface area contributed by atoms with Crippen LogP contribution in [-0.4, -0.2) is 23.9 Å². The van der Waals surface area contributed by atoms with Crippen LogP contribution in [0.4, 0.5) is 4.39 Å². The fourth-order valence-corrected chi connectivity index (χ4v) is 6.31. The zero-order valence-corrected chi connectivity index (χ0v) is 13.5. The van der Waals surface area contributed by atoms with E-state index in [9.17, 15) is 9.18 Å². The van der Waals surface area contributed by atoms with Crippen molar-refractivity contribution in [1.29, 1.82) is 0 Å². The maximum Gasteiger partial charge on any atom is 0.223 e. The first kappa shape index (κ1) is 14.0. The standard InChI is InChI=1S/C20H24FNO/c21-18-3-1-15(2-4-18)20(12-19(23)22-5-6-22)16-8-13-7-14(10-16)11-17(20)9-13/h1-4,13-14,16-17H,5-12H2. The fraction of sp³-hybridized carbons (Fsp3) is 0.650. The third kappa shape index (κ3) is 2.08. The van der Waals surface area contributed by atoms with E-state index in [1.165, 1.54) is 37.7 Å². The molecule has 122 valence electrons. The second kappa shape index (κ2) is 4.81. The van der Waals surface area contributed by atoms with Crippen LogP contribution >= 0.6 is 0 Å². The molecular weight excluding hydrogens is 289 g/mol. The van der Waals surface area contributed by atoms with Crippen LogP contribution in [0, 0.1) is 29.5 Å². The van der Waals surface area contributed by atoms with Gasteiger partial charge in [0, 0.05) is 24.9 Å². The topological polar surface area (TPSA) is 20.1 Å². The molecule has 0 atom stereocenters. The summed E-state index contributed by atoms with van der Waals surface area (Å²) < 4.78 is 13.5. The van der Waals surface area contributed by atoms with Gasteiger partial charge in [-0.05, 0) is 73.5 Å². The van der Waals surface area contributed by atoms with E-state index in [1.54, 1.807) is 12.1 Å². The Morgan fingerprint density at radius 3 is 2.09 bits per heavy atom. The number of nitrogens with zero attached hydrogens (tertiary/aromatic N) is 1. The van der Waals surface area contributed by atoms with Crippen molar-refractivity contribution in [2.75, 3.05) is 13.1 Å². The highest BCUT2D eigenvalue weighted by Crippen LogP contribution is 2.64. The Labute approximate surface area is 137 Å². The summed E-state index contributed by atoms with van der Waals surface area (Å²) in [6.45, 7) is 1.86. The monoisotopic (exact) mass is 313 g/mol. The Hall–Kier alpha value is -1.38. The Kier molecular flexibility index (Phi) is 2.93. The lowest BCUT2D eigenvalue weighted by molar-refractivity contribution is -0.133. The van der Waals surface area contributed by atoms with E-state index in [1.807, 2.05) is 17.0 Å². The Bertz CT molecular complexity index is 606. The van der Waals surface area contributed by atoms with Crippen molar-refractivity contribution in [1.82, 2.24) is 4.90 Å². The molecule has 1 aromatic rings. The lowest BCUT2D eigenvalue weighted by Crippen LogP contribution is -2.56. The average molecular weight is 313 g/mol. The van der Waals surface area contributed by atoms with Crippen molar-refractivity contribution in [3.63, 3.8) is 0 Å². The molecule has 1 aromatic carbocycles. The Balaban J connectivity index is 1.58. The van der Waals surface area contributed by atoms with Crippen LogP contribution in [0.2, 0.25) is 0 Å². The largest absolute Gasteiger partial charge is 0.339 e. The van der Waals surface area contributed by atoms with Gasteiger partial charge in [-0.1, -0.05) is 12.1 Å². The second-order valence-electron chi connectivity index (χ2n) is 8.41. The SMILES string of the molecule is O=C(CC1(c2ccc(F)cc2)C2CC3CC(C2)CC1C3)N1CC1. The van der Waals surface area contributed by atoms with E-state index in [0.29, 0.717) is 24.2 Å². The number of hydrogen-bond donors (Lipinski definition) is 0. The molecule has 1 amide bonds. The summed E-state index contributed by atoms with van der Waals surface area (Å²) in [5.41, 5.74) is 1.20. The van der Waals surface area contributed by atoms with Gasteiger partial charge in [0.25, 0.3) is 0 Å². The molecule has 4 saturated carbocycles. The minimum atomic E-state index is -0.176. The number of rotatable bonds is 3. The number of amides is 1. The minimum absolute atomic E-state index is 0.0270. The first-order valence-corrected chi connectivity index (χ1v) is 9.19. The molecule has 6 rings (SSSR count). The van der Waals surface area contributed by atoms with E-state index >= 15 is 0 Å². The van der Waals surface area contributed by atoms with Gasteiger partial charge in [0.15, 0.2) is 0 Å². The van der Waals surface area contributed by atoms with Crippen LogP contribution in [0.15, 0.2) is 24.3 Å². The number of hydrogen-bond acceptors (Lipinski definition) is 1. The molecule has 4 bridgehead atoms. The van der Waals surface area contributed by atoms with E-state index in [4.69, 9.17) is 0 Å². The molecule has 0 spiro atoms. The van der Waals surface area contributed by atoms with Gasteiger partial charge in [0.1, 0.15) is 5.82 Å². The third-order valence-corrected chi connectivity index (χ3v) is 7.22. The number of carbonyl (C=O) groups is 1. The van der Waals surface area contributed by atoms with E-state index in [-0.39, 0.29) is 11.2 Å². The van der Waals surface area contributed by atoms with Crippen LogP contribution in [0.3, 0.4) is 0 Å². The molecule has 1 saturated heterocycles. The van der Waals surface area contributed by atoms with E-state index in [0.717, 1.165) is 24.9 Å². The molecule has 0 unspecified atom stereocenters. The first-order chi connectivity index (χ1) is 11.1. The van der Waals surface area contributed by atoms with Gasteiger partial charge >= 0.3 is 0 Å². The smallest absolute Gasteiger partial charge is 0.223 e. The van der Waals surface area contributed by atoms with Crippen LogP contribution < -0.4 is 0 Å². The summed E-state index contributed by atoms with van der Waals surface area (Å²) in [6.07, 6.45) is 7.16. The molecule has 5 fully saturated rings. The molecule has 0 aromatic heterocycles. The first-order valence-electron chi connectivity index (χ1n) is 9.19. The van der Waals surface area contributed by atoms with E-state index < -0.39 is 0 Å². The van der Waals surface area contributed by atoms with Gasteiger partial charge in [-0.25, -0.2) is 4.39 Å². The van der Waals surface area contributed by atoms with Crippen molar-refractivity contribution < 1.29 is 9.18 Å². The third-order valence-electron chi connectivity index (χ3n) is 7.22. The molecule has 5 aliphatic rings. The second-order valence-corrected chi connectivity index (χ2v) is 8.41. The fourth-order valence-electron chi connectivity index (χ4n) is 6.31. The van der Waals surface area contributed by atoms with Crippen molar-refractivity contribution in [3.05, 3.63) is 35.6 Å². The molecular formula is C20H24FNO.